The minimum atomic E-state index is -0.0980. The Morgan fingerprint density at radius 3 is 3.00 bits per heavy atom. The highest BCUT2D eigenvalue weighted by Gasteiger charge is 2.16. The molecule has 0 aliphatic carbocycles. The molecule has 0 bridgehead atoms. The predicted molar refractivity (Wildman–Crippen MR) is 75.2 cm³/mol. The number of hydrogen-bond acceptors (Lipinski definition) is 5. The standard InChI is InChI=1S/C13H17N3O2S/c1-9-7-12(15-18-9)14-13(17)8-16(3)10(2)11-5-4-6-19-11/h4-7,10H,8H2,1-3H3,(H,14,15,17). The van der Waals surface area contributed by atoms with E-state index in [1.54, 1.807) is 24.3 Å². The summed E-state index contributed by atoms with van der Waals surface area (Å²) < 4.78 is 4.90. The molecule has 1 amide bonds. The van der Waals surface area contributed by atoms with Crippen molar-refractivity contribution >= 4 is 23.1 Å². The minimum absolute atomic E-state index is 0.0980. The first-order valence-electron chi connectivity index (χ1n) is 6.03. The third-order valence-corrected chi connectivity index (χ3v) is 3.95. The maximum Gasteiger partial charge on any atom is 0.239 e. The summed E-state index contributed by atoms with van der Waals surface area (Å²) in [5.74, 6) is 1.04. The monoisotopic (exact) mass is 279 g/mol. The van der Waals surface area contributed by atoms with Gasteiger partial charge < -0.3 is 9.84 Å². The second kappa shape index (κ2) is 5.99. The lowest BCUT2D eigenvalue weighted by molar-refractivity contribution is -0.117. The molecule has 1 unspecified atom stereocenters. The van der Waals surface area contributed by atoms with Crippen LogP contribution in [0.1, 0.15) is 23.6 Å². The van der Waals surface area contributed by atoms with E-state index in [0.717, 1.165) is 0 Å². The molecule has 19 heavy (non-hydrogen) atoms. The van der Waals surface area contributed by atoms with E-state index in [-0.39, 0.29) is 11.9 Å². The highest BCUT2D eigenvalue weighted by atomic mass is 32.1. The van der Waals surface area contributed by atoms with E-state index >= 15 is 0 Å². The van der Waals surface area contributed by atoms with Crippen LogP contribution in [0.2, 0.25) is 0 Å². The van der Waals surface area contributed by atoms with Gasteiger partial charge in [-0.05, 0) is 32.3 Å². The molecule has 0 radical (unpaired) electrons. The van der Waals surface area contributed by atoms with Crippen molar-refractivity contribution in [3.05, 3.63) is 34.2 Å². The Bertz CT molecular complexity index is 536. The molecule has 2 aromatic rings. The Balaban J connectivity index is 1.88. The zero-order valence-electron chi connectivity index (χ0n) is 11.2. The van der Waals surface area contributed by atoms with Crippen LogP contribution in [0.3, 0.4) is 0 Å². The average Bonchev–Trinajstić information content (AvgIpc) is 2.99. The van der Waals surface area contributed by atoms with Crippen LogP contribution in [0.25, 0.3) is 0 Å². The van der Waals surface area contributed by atoms with Crippen molar-refractivity contribution in [3.8, 4) is 0 Å². The molecule has 0 saturated heterocycles. The van der Waals surface area contributed by atoms with Gasteiger partial charge in [-0.3, -0.25) is 9.69 Å². The number of amides is 1. The molecule has 5 nitrogen and oxygen atoms in total. The zero-order chi connectivity index (χ0) is 13.8. The quantitative estimate of drug-likeness (QED) is 0.914. The highest BCUT2D eigenvalue weighted by molar-refractivity contribution is 7.10. The molecule has 2 rings (SSSR count). The van der Waals surface area contributed by atoms with Gasteiger partial charge in [0.2, 0.25) is 5.91 Å². The fourth-order valence-electron chi connectivity index (χ4n) is 1.72. The summed E-state index contributed by atoms with van der Waals surface area (Å²) >= 11 is 1.69. The fourth-order valence-corrected chi connectivity index (χ4v) is 2.57. The van der Waals surface area contributed by atoms with Crippen molar-refractivity contribution in [1.29, 1.82) is 0 Å². The van der Waals surface area contributed by atoms with Gasteiger partial charge in [-0.1, -0.05) is 11.2 Å². The number of rotatable bonds is 5. The average molecular weight is 279 g/mol. The van der Waals surface area contributed by atoms with E-state index in [1.807, 2.05) is 23.4 Å². The number of nitrogens with one attached hydrogen (secondary N) is 1. The topological polar surface area (TPSA) is 58.4 Å². The van der Waals surface area contributed by atoms with Gasteiger partial charge in [0.15, 0.2) is 5.82 Å². The van der Waals surface area contributed by atoms with Gasteiger partial charge in [0, 0.05) is 17.0 Å². The van der Waals surface area contributed by atoms with Crippen molar-refractivity contribution in [2.24, 2.45) is 0 Å². The summed E-state index contributed by atoms with van der Waals surface area (Å²) in [6, 6.07) is 6.00. The van der Waals surface area contributed by atoms with Crippen LogP contribution >= 0.6 is 11.3 Å². The summed E-state index contributed by atoms with van der Waals surface area (Å²) in [7, 11) is 1.93. The van der Waals surface area contributed by atoms with Crippen molar-refractivity contribution in [1.82, 2.24) is 10.1 Å². The molecule has 0 aliphatic heterocycles. The largest absolute Gasteiger partial charge is 0.360 e. The van der Waals surface area contributed by atoms with Crippen molar-refractivity contribution in [3.63, 3.8) is 0 Å². The number of carbonyl (C=O) groups is 1. The third-order valence-electron chi connectivity index (χ3n) is 2.90. The van der Waals surface area contributed by atoms with E-state index in [4.69, 9.17) is 4.52 Å². The molecule has 0 spiro atoms. The van der Waals surface area contributed by atoms with Crippen molar-refractivity contribution < 1.29 is 9.32 Å². The second-order valence-corrected chi connectivity index (χ2v) is 5.46. The first-order chi connectivity index (χ1) is 9.06. The lowest BCUT2D eigenvalue weighted by atomic mass is 10.2. The van der Waals surface area contributed by atoms with Crippen molar-refractivity contribution in [2.45, 2.75) is 19.9 Å². The van der Waals surface area contributed by atoms with Crippen LogP contribution < -0.4 is 5.32 Å². The lowest BCUT2D eigenvalue weighted by Gasteiger charge is -2.22. The highest BCUT2D eigenvalue weighted by Crippen LogP contribution is 2.23. The summed E-state index contributed by atoms with van der Waals surface area (Å²) in [5.41, 5.74) is 0. The predicted octanol–water partition coefficient (Wildman–Crippen LogP) is 2.68. The second-order valence-electron chi connectivity index (χ2n) is 4.48. The van der Waals surface area contributed by atoms with Crippen LogP contribution in [-0.2, 0) is 4.79 Å². The lowest BCUT2D eigenvalue weighted by Crippen LogP contribution is -2.32. The van der Waals surface area contributed by atoms with Crippen LogP contribution in [-0.4, -0.2) is 29.6 Å². The van der Waals surface area contributed by atoms with Crippen LogP contribution in [0.5, 0.6) is 0 Å². The van der Waals surface area contributed by atoms with Gasteiger partial charge in [-0.2, -0.15) is 0 Å². The maximum atomic E-state index is 11.9. The number of aryl methyl sites for hydroxylation is 1. The number of thiophene rings is 1. The summed E-state index contributed by atoms with van der Waals surface area (Å²) in [4.78, 5) is 15.1. The minimum Gasteiger partial charge on any atom is -0.360 e. The van der Waals surface area contributed by atoms with Gasteiger partial charge in [-0.15, -0.1) is 11.3 Å². The summed E-state index contributed by atoms with van der Waals surface area (Å²) in [5, 5.41) is 8.49. The van der Waals surface area contributed by atoms with Gasteiger partial charge in [0.05, 0.1) is 6.54 Å². The molecule has 0 aliphatic rings. The van der Waals surface area contributed by atoms with Crippen LogP contribution in [0, 0.1) is 6.92 Å². The van der Waals surface area contributed by atoms with Gasteiger partial charge in [0.1, 0.15) is 5.76 Å². The number of nitrogens with zero attached hydrogens (tertiary/aromatic N) is 2. The van der Waals surface area contributed by atoms with Gasteiger partial charge in [0.25, 0.3) is 0 Å². The maximum absolute atomic E-state index is 11.9. The fraction of sp³-hybridized carbons (Fsp3) is 0.385. The molecule has 1 atom stereocenters. The van der Waals surface area contributed by atoms with Crippen LogP contribution in [0.4, 0.5) is 5.82 Å². The molecular formula is C13H17N3O2S. The zero-order valence-corrected chi connectivity index (χ0v) is 12.0. The Morgan fingerprint density at radius 1 is 1.63 bits per heavy atom. The molecule has 0 saturated carbocycles. The van der Waals surface area contributed by atoms with E-state index in [2.05, 4.69) is 23.5 Å². The molecule has 6 heteroatoms. The summed E-state index contributed by atoms with van der Waals surface area (Å²) in [6.07, 6.45) is 0. The molecule has 1 N–H and O–H groups in total. The molecule has 0 aromatic carbocycles. The Hall–Kier alpha value is -1.66. The third kappa shape index (κ3) is 3.65. The Labute approximate surface area is 116 Å². The molecule has 2 heterocycles. The first-order valence-corrected chi connectivity index (χ1v) is 6.91. The molecule has 102 valence electrons. The number of carbonyl (C=O) groups excluding carboxylic acids is 1. The van der Waals surface area contributed by atoms with E-state index < -0.39 is 0 Å². The van der Waals surface area contributed by atoms with E-state index in [1.165, 1.54) is 4.88 Å². The normalized spacial score (nSPS) is 12.6. The van der Waals surface area contributed by atoms with Gasteiger partial charge in [-0.25, -0.2) is 0 Å². The SMILES string of the molecule is Cc1cc(NC(=O)CN(C)C(C)c2cccs2)no1. The molecule has 0 fully saturated rings. The summed E-state index contributed by atoms with van der Waals surface area (Å²) in [6.45, 7) is 4.18. The van der Waals surface area contributed by atoms with E-state index in [0.29, 0.717) is 18.1 Å². The smallest absolute Gasteiger partial charge is 0.239 e. The van der Waals surface area contributed by atoms with Crippen LogP contribution in [0.15, 0.2) is 28.1 Å². The molecular weight excluding hydrogens is 262 g/mol. The Kier molecular flexibility index (Phi) is 4.34. The first kappa shape index (κ1) is 13.8. The van der Waals surface area contributed by atoms with Gasteiger partial charge >= 0.3 is 0 Å². The Morgan fingerprint density at radius 2 is 2.42 bits per heavy atom. The number of aromatic nitrogens is 1. The van der Waals surface area contributed by atoms with E-state index in [9.17, 15) is 4.79 Å². The number of likely N-dealkylation sites (N-methyl/N-ethyl adjacent to an activating group) is 1. The molecule has 2 aromatic heterocycles. The number of hydrogen-bond donors (Lipinski definition) is 1. The van der Waals surface area contributed by atoms with Crippen molar-refractivity contribution in [2.75, 3.05) is 18.9 Å². The number of anilines is 1.